The Morgan fingerprint density at radius 3 is 0.615 bits per heavy atom. The van der Waals surface area contributed by atoms with Crippen LogP contribution < -0.4 is 0 Å². The van der Waals surface area contributed by atoms with E-state index in [2.05, 4.69) is 0 Å². The summed E-state index contributed by atoms with van der Waals surface area (Å²) in [7, 11) is 0. The Labute approximate surface area is 89.9 Å². The molecule has 4 N–H and O–H groups in total. The molecule has 0 bridgehead atoms. The van der Waals surface area contributed by atoms with E-state index in [1.807, 2.05) is 0 Å². The summed E-state index contributed by atoms with van der Waals surface area (Å²) in [6.07, 6.45) is 0. The smallest absolute Gasteiger partial charge is 0.414 e. The number of hydrogen-bond donors (Lipinski definition) is 4. The summed E-state index contributed by atoms with van der Waals surface area (Å²) in [5, 5.41) is 29.6. The quantitative estimate of drug-likeness (QED) is 0.381. The molecule has 0 spiro atoms. The van der Waals surface area contributed by atoms with E-state index in [1.54, 1.807) is 0 Å². The van der Waals surface area contributed by atoms with Gasteiger partial charge < -0.3 is 20.4 Å². The average Bonchev–Trinajstić information content (AvgIpc) is 1.88. The molecule has 0 rings (SSSR count). The Morgan fingerprint density at radius 2 is 0.615 bits per heavy atom. The zero-order valence-corrected chi connectivity index (χ0v) is 8.38. The van der Waals surface area contributed by atoms with Crippen molar-refractivity contribution in [2.24, 2.45) is 0 Å². The normalized spacial score (nSPS) is 6.77. The van der Waals surface area contributed by atoms with Crippen LogP contribution in [0.5, 0.6) is 0 Å². The van der Waals surface area contributed by atoms with Gasteiger partial charge >= 0.3 is 23.9 Å². The van der Waals surface area contributed by atoms with Gasteiger partial charge in [0.1, 0.15) is 0 Å². The molecule has 0 aromatic heterocycles. The van der Waals surface area contributed by atoms with Gasteiger partial charge in [-0.25, -0.2) is 19.2 Å². The van der Waals surface area contributed by atoms with Crippen molar-refractivity contribution in [3.8, 4) is 0 Å². The summed E-state index contributed by atoms with van der Waals surface area (Å²) >= 11 is 0. The number of aliphatic carboxylic acids is 4. The summed E-state index contributed by atoms with van der Waals surface area (Å²) in [6, 6.07) is 0. The molecular weight excluding hydrogens is 267 g/mol. The molecule has 0 aliphatic heterocycles. The third-order valence-corrected chi connectivity index (χ3v) is 0.366. The predicted molar refractivity (Wildman–Crippen MR) is 30.5 cm³/mol. The summed E-state index contributed by atoms with van der Waals surface area (Å²) in [6.45, 7) is 0. The van der Waals surface area contributed by atoms with Gasteiger partial charge in [0, 0.05) is 26.2 Å². The molecule has 0 aromatic carbocycles. The summed E-state index contributed by atoms with van der Waals surface area (Å²) < 4.78 is 0. The third-order valence-electron chi connectivity index (χ3n) is 0.366. The van der Waals surface area contributed by atoms with E-state index in [0.29, 0.717) is 0 Å². The van der Waals surface area contributed by atoms with Crippen molar-refractivity contribution in [3.05, 3.63) is 0 Å². The maximum absolute atomic E-state index is 9.10. The molecule has 0 atom stereocenters. The first-order valence-corrected chi connectivity index (χ1v) is 2.21. The predicted octanol–water partition coefficient (Wildman–Crippen LogP) is -1.69. The molecule has 0 unspecified atom stereocenters. The standard InChI is InChI=1S/2C2H2O4.Zr/c2*3-1(4)2(5)6;/h2*(H,3,4)(H,5,6);. The second kappa shape index (κ2) is 8.86. The number of carbonyl (C=O) groups is 4. The van der Waals surface area contributed by atoms with Gasteiger partial charge in [-0.1, -0.05) is 0 Å². The largest absolute Gasteiger partial charge is 0.473 e. The topological polar surface area (TPSA) is 149 Å². The molecule has 0 aromatic rings. The van der Waals surface area contributed by atoms with Crippen LogP contribution in [0.25, 0.3) is 0 Å². The molecule has 0 aliphatic rings. The van der Waals surface area contributed by atoms with Gasteiger partial charge in [-0.05, 0) is 0 Å². The first-order valence-electron chi connectivity index (χ1n) is 2.21. The number of rotatable bonds is 0. The zero-order valence-electron chi connectivity index (χ0n) is 5.92. The van der Waals surface area contributed by atoms with E-state index < -0.39 is 23.9 Å². The van der Waals surface area contributed by atoms with Gasteiger partial charge in [-0.3, -0.25) is 0 Å². The Kier molecular flexibility index (Phi) is 12.1. The fourth-order valence-electron chi connectivity index (χ4n) is 0. The molecule has 0 fully saturated rings. The second-order valence-corrected chi connectivity index (χ2v) is 1.22. The Hall–Kier alpha value is -1.24. The summed E-state index contributed by atoms with van der Waals surface area (Å²) in [5.41, 5.74) is 0. The van der Waals surface area contributed by atoms with Crippen LogP contribution in [0.3, 0.4) is 0 Å². The first kappa shape index (κ1) is 17.7. The molecule has 0 amide bonds. The van der Waals surface area contributed by atoms with Crippen LogP contribution in [0, 0.1) is 0 Å². The second-order valence-electron chi connectivity index (χ2n) is 1.22. The van der Waals surface area contributed by atoms with E-state index in [0.717, 1.165) is 0 Å². The molecule has 0 saturated carbocycles. The molecule has 13 heavy (non-hydrogen) atoms. The molecule has 0 radical (unpaired) electrons. The zero-order chi connectivity index (χ0) is 10.3. The van der Waals surface area contributed by atoms with E-state index in [-0.39, 0.29) is 26.2 Å². The van der Waals surface area contributed by atoms with Crippen molar-refractivity contribution in [2.45, 2.75) is 0 Å². The van der Waals surface area contributed by atoms with Gasteiger partial charge in [0.25, 0.3) is 0 Å². The van der Waals surface area contributed by atoms with E-state index in [1.165, 1.54) is 0 Å². The maximum Gasteiger partial charge on any atom is 0.414 e. The fourth-order valence-corrected chi connectivity index (χ4v) is 0. The SMILES string of the molecule is O=C(O)C(=O)O.O=C(O)C(=O)O.[Zr]. The van der Waals surface area contributed by atoms with Crippen molar-refractivity contribution < 1.29 is 65.8 Å². The summed E-state index contributed by atoms with van der Waals surface area (Å²) in [5.74, 6) is -7.30. The van der Waals surface area contributed by atoms with Crippen LogP contribution in [0.2, 0.25) is 0 Å². The van der Waals surface area contributed by atoms with Gasteiger partial charge in [0.15, 0.2) is 0 Å². The minimum atomic E-state index is -1.82. The number of carboxylic acids is 4. The fraction of sp³-hybridized carbons (Fsp3) is 0. The van der Waals surface area contributed by atoms with Gasteiger partial charge in [-0.15, -0.1) is 0 Å². The minimum absolute atomic E-state index is 0. The molecule has 8 nitrogen and oxygen atoms in total. The van der Waals surface area contributed by atoms with Crippen LogP contribution in [0.15, 0.2) is 0 Å². The monoisotopic (exact) mass is 270 g/mol. The van der Waals surface area contributed by atoms with Gasteiger partial charge in [0.2, 0.25) is 0 Å². The summed E-state index contributed by atoms with van der Waals surface area (Å²) in [4.78, 5) is 36.4. The first-order chi connectivity index (χ1) is 5.29. The third kappa shape index (κ3) is 18.1. The van der Waals surface area contributed by atoms with E-state index in [4.69, 9.17) is 39.6 Å². The molecule has 9 heteroatoms. The van der Waals surface area contributed by atoms with Crippen molar-refractivity contribution in [3.63, 3.8) is 0 Å². The van der Waals surface area contributed by atoms with Crippen molar-refractivity contribution in [1.82, 2.24) is 0 Å². The van der Waals surface area contributed by atoms with Crippen LogP contribution in [0.1, 0.15) is 0 Å². The van der Waals surface area contributed by atoms with Crippen LogP contribution >= 0.6 is 0 Å². The van der Waals surface area contributed by atoms with Crippen LogP contribution in [-0.4, -0.2) is 44.3 Å². The van der Waals surface area contributed by atoms with E-state index in [9.17, 15) is 0 Å². The molecular formula is C4H4O8Zr. The van der Waals surface area contributed by atoms with Gasteiger partial charge in [-0.2, -0.15) is 0 Å². The van der Waals surface area contributed by atoms with Crippen LogP contribution in [0.4, 0.5) is 0 Å². The van der Waals surface area contributed by atoms with Gasteiger partial charge in [0.05, 0.1) is 0 Å². The van der Waals surface area contributed by atoms with Crippen molar-refractivity contribution in [1.29, 1.82) is 0 Å². The van der Waals surface area contributed by atoms with Crippen molar-refractivity contribution >= 4 is 23.9 Å². The van der Waals surface area contributed by atoms with Crippen molar-refractivity contribution in [2.75, 3.05) is 0 Å². The minimum Gasteiger partial charge on any atom is -0.473 e. The van der Waals surface area contributed by atoms with E-state index >= 15 is 0 Å². The molecule has 0 heterocycles. The number of carboxylic acid groups (broad SMARTS) is 4. The Morgan fingerprint density at radius 1 is 0.538 bits per heavy atom. The number of hydrogen-bond acceptors (Lipinski definition) is 4. The molecule has 0 aliphatic carbocycles. The molecule has 72 valence electrons. The Balaban J connectivity index is -0.000000143. The maximum atomic E-state index is 9.10. The molecule has 0 saturated heterocycles. The van der Waals surface area contributed by atoms with Crippen LogP contribution in [-0.2, 0) is 45.4 Å². The average molecular weight is 271 g/mol. The Bertz CT molecular complexity index is 172.